The molecule has 0 fully saturated rings. The third-order valence-corrected chi connectivity index (χ3v) is 3.78. The van der Waals surface area contributed by atoms with Crippen LogP contribution in [-0.2, 0) is 10.0 Å². The largest absolute Gasteiger partial charge is 0.496 e. The summed E-state index contributed by atoms with van der Waals surface area (Å²) >= 11 is 0. The molecule has 0 aliphatic rings. The minimum Gasteiger partial charge on any atom is -0.496 e. The van der Waals surface area contributed by atoms with Crippen LogP contribution in [0.3, 0.4) is 0 Å². The predicted molar refractivity (Wildman–Crippen MR) is 74.5 cm³/mol. The molecule has 0 saturated heterocycles. The molecule has 0 bridgehead atoms. The van der Waals surface area contributed by atoms with Gasteiger partial charge in [-0.15, -0.1) is 0 Å². The van der Waals surface area contributed by atoms with Crippen molar-refractivity contribution in [1.29, 1.82) is 0 Å². The maximum atomic E-state index is 11.3. The average molecular weight is 277 g/mol. The van der Waals surface area contributed by atoms with Crippen LogP contribution >= 0.6 is 0 Å². The molecule has 19 heavy (non-hydrogen) atoms. The van der Waals surface area contributed by atoms with Crippen LogP contribution in [0.1, 0.15) is 5.56 Å². The number of benzene rings is 2. The molecule has 2 N–H and O–H groups in total. The Bertz CT molecular complexity index is 691. The number of hydrogen-bond acceptors (Lipinski definition) is 3. The lowest BCUT2D eigenvalue weighted by molar-refractivity contribution is 0.415. The highest BCUT2D eigenvalue weighted by molar-refractivity contribution is 7.89. The van der Waals surface area contributed by atoms with Gasteiger partial charge in [0.05, 0.1) is 12.0 Å². The van der Waals surface area contributed by atoms with Crippen molar-refractivity contribution in [2.45, 2.75) is 11.8 Å². The standard InChI is InChI=1S/C14H15NO3S/c1-10-3-5-11(6-4-10)13-8-7-12(19(15,16)17)9-14(13)18-2/h3-9H,1-2H3,(H2,15,16,17). The summed E-state index contributed by atoms with van der Waals surface area (Å²) in [6, 6.07) is 12.5. The number of ether oxygens (including phenoxy) is 1. The molecule has 0 heterocycles. The topological polar surface area (TPSA) is 69.4 Å². The number of methoxy groups -OCH3 is 1. The molecule has 0 aliphatic heterocycles. The van der Waals surface area contributed by atoms with Crippen LogP contribution in [0.4, 0.5) is 0 Å². The molecule has 2 rings (SSSR count). The van der Waals surface area contributed by atoms with Crippen LogP contribution in [0.15, 0.2) is 47.4 Å². The summed E-state index contributed by atoms with van der Waals surface area (Å²) in [7, 11) is -2.22. The summed E-state index contributed by atoms with van der Waals surface area (Å²) in [4.78, 5) is 0.0419. The number of hydrogen-bond donors (Lipinski definition) is 1. The Labute approximate surface area is 112 Å². The van der Waals surface area contributed by atoms with Crippen LogP contribution in [0.25, 0.3) is 11.1 Å². The molecule has 5 heteroatoms. The highest BCUT2D eigenvalue weighted by Crippen LogP contribution is 2.31. The van der Waals surface area contributed by atoms with Crippen LogP contribution < -0.4 is 9.88 Å². The number of rotatable bonds is 3. The van der Waals surface area contributed by atoms with Crippen molar-refractivity contribution in [2.24, 2.45) is 5.14 Å². The van der Waals surface area contributed by atoms with Crippen molar-refractivity contribution >= 4 is 10.0 Å². The lowest BCUT2D eigenvalue weighted by Gasteiger charge is -2.10. The van der Waals surface area contributed by atoms with E-state index in [4.69, 9.17) is 9.88 Å². The first-order valence-corrected chi connectivity index (χ1v) is 7.24. The molecule has 100 valence electrons. The van der Waals surface area contributed by atoms with Gasteiger partial charge in [0.15, 0.2) is 0 Å². The number of primary sulfonamides is 1. The Balaban J connectivity index is 2.56. The highest BCUT2D eigenvalue weighted by Gasteiger charge is 2.12. The second kappa shape index (κ2) is 5.03. The molecule has 4 nitrogen and oxygen atoms in total. The van der Waals surface area contributed by atoms with E-state index in [9.17, 15) is 8.42 Å². The zero-order chi connectivity index (χ0) is 14.0. The normalized spacial score (nSPS) is 11.3. The fourth-order valence-corrected chi connectivity index (χ4v) is 2.35. The molecule has 0 unspecified atom stereocenters. The summed E-state index contributed by atoms with van der Waals surface area (Å²) in [5.41, 5.74) is 2.95. The summed E-state index contributed by atoms with van der Waals surface area (Å²) in [5.74, 6) is 0.482. The van der Waals surface area contributed by atoms with E-state index in [1.165, 1.54) is 19.2 Å². The molecular formula is C14H15NO3S. The van der Waals surface area contributed by atoms with Gasteiger partial charge in [0.2, 0.25) is 10.0 Å². The van der Waals surface area contributed by atoms with Gasteiger partial charge in [-0.2, -0.15) is 0 Å². The maximum Gasteiger partial charge on any atom is 0.238 e. The third kappa shape index (κ3) is 2.94. The van der Waals surface area contributed by atoms with E-state index in [1.54, 1.807) is 6.07 Å². The Morgan fingerprint density at radius 1 is 1.05 bits per heavy atom. The van der Waals surface area contributed by atoms with Gasteiger partial charge in [-0.1, -0.05) is 29.8 Å². The number of nitrogens with two attached hydrogens (primary N) is 1. The summed E-state index contributed by atoms with van der Waals surface area (Å²) in [5, 5.41) is 5.11. The smallest absolute Gasteiger partial charge is 0.238 e. The molecule has 0 radical (unpaired) electrons. The quantitative estimate of drug-likeness (QED) is 0.936. The third-order valence-electron chi connectivity index (χ3n) is 2.86. The van der Waals surface area contributed by atoms with Gasteiger partial charge in [-0.25, -0.2) is 13.6 Å². The molecule has 0 atom stereocenters. The van der Waals surface area contributed by atoms with E-state index in [2.05, 4.69) is 0 Å². The van der Waals surface area contributed by atoms with Gasteiger partial charge in [0, 0.05) is 11.6 Å². The first-order chi connectivity index (χ1) is 8.91. The molecule has 0 aliphatic carbocycles. The van der Waals surface area contributed by atoms with Crippen LogP contribution in [0, 0.1) is 6.92 Å². The van der Waals surface area contributed by atoms with Crippen molar-refractivity contribution in [2.75, 3.05) is 7.11 Å². The Hall–Kier alpha value is -1.85. The maximum absolute atomic E-state index is 11.3. The van der Waals surface area contributed by atoms with Crippen LogP contribution in [0.5, 0.6) is 5.75 Å². The van der Waals surface area contributed by atoms with Crippen molar-refractivity contribution in [3.8, 4) is 16.9 Å². The predicted octanol–water partition coefficient (Wildman–Crippen LogP) is 2.32. The Morgan fingerprint density at radius 3 is 2.21 bits per heavy atom. The molecule has 0 saturated carbocycles. The fraction of sp³-hybridized carbons (Fsp3) is 0.143. The zero-order valence-corrected chi connectivity index (χ0v) is 11.6. The van der Waals surface area contributed by atoms with E-state index in [1.807, 2.05) is 31.2 Å². The lowest BCUT2D eigenvalue weighted by Crippen LogP contribution is -2.12. The summed E-state index contributed by atoms with van der Waals surface area (Å²) < 4.78 is 27.9. The molecule has 0 amide bonds. The van der Waals surface area contributed by atoms with Crippen LogP contribution in [-0.4, -0.2) is 15.5 Å². The van der Waals surface area contributed by atoms with Gasteiger partial charge in [-0.05, 0) is 24.6 Å². The van der Waals surface area contributed by atoms with Gasteiger partial charge >= 0.3 is 0 Å². The second-order valence-electron chi connectivity index (χ2n) is 4.27. The molecular weight excluding hydrogens is 262 g/mol. The van der Waals surface area contributed by atoms with Crippen LogP contribution in [0.2, 0.25) is 0 Å². The van der Waals surface area contributed by atoms with Gasteiger partial charge in [0.1, 0.15) is 5.75 Å². The van der Waals surface area contributed by atoms with Crippen molar-refractivity contribution in [3.05, 3.63) is 48.0 Å². The number of sulfonamides is 1. The van der Waals surface area contributed by atoms with E-state index < -0.39 is 10.0 Å². The second-order valence-corrected chi connectivity index (χ2v) is 5.83. The highest BCUT2D eigenvalue weighted by atomic mass is 32.2. The SMILES string of the molecule is COc1cc(S(N)(=O)=O)ccc1-c1ccc(C)cc1. The first kappa shape index (κ1) is 13.6. The molecule has 0 spiro atoms. The van der Waals surface area contributed by atoms with Crippen molar-refractivity contribution in [1.82, 2.24) is 0 Å². The lowest BCUT2D eigenvalue weighted by atomic mass is 10.0. The summed E-state index contributed by atoms with van der Waals surface area (Å²) in [6.07, 6.45) is 0. The van der Waals surface area contributed by atoms with Gasteiger partial charge in [0.25, 0.3) is 0 Å². The Kier molecular flexibility index (Phi) is 3.59. The zero-order valence-electron chi connectivity index (χ0n) is 10.8. The molecule has 0 aromatic heterocycles. The van der Waals surface area contributed by atoms with E-state index in [0.29, 0.717) is 5.75 Å². The molecule has 2 aromatic rings. The van der Waals surface area contributed by atoms with Gasteiger partial charge in [-0.3, -0.25) is 0 Å². The number of aryl methyl sites for hydroxylation is 1. The van der Waals surface area contributed by atoms with E-state index >= 15 is 0 Å². The minimum atomic E-state index is -3.72. The summed E-state index contributed by atoms with van der Waals surface area (Å²) in [6.45, 7) is 2.01. The monoisotopic (exact) mass is 277 g/mol. The fourth-order valence-electron chi connectivity index (χ4n) is 1.82. The van der Waals surface area contributed by atoms with Crippen molar-refractivity contribution < 1.29 is 13.2 Å². The average Bonchev–Trinajstić information content (AvgIpc) is 2.38. The van der Waals surface area contributed by atoms with Gasteiger partial charge < -0.3 is 4.74 Å². The van der Waals surface area contributed by atoms with E-state index in [0.717, 1.165) is 16.7 Å². The minimum absolute atomic E-state index is 0.0419. The Morgan fingerprint density at radius 2 is 1.68 bits per heavy atom. The molecule has 2 aromatic carbocycles. The van der Waals surface area contributed by atoms with Crippen molar-refractivity contribution in [3.63, 3.8) is 0 Å². The van der Waals surface area contributed by atoms with E-state index in [-0.39, 0.29) is 4.90 Å². The first-order valence-electron chi connectivity index (χ1n) is 5.69.